The Labute approximate surface area is 225 Å². The number of hydrogen-bond acceptors (Lipinski definition) is 9. The van der Waals surface area contributed by atoms with Gasteiger partial charge in [0.05, 0.1) is 36.8 Å². The van der Waals surface area contributed by atoms with Crippen LogP contribution >= 0.6 is 0 Å². The van der Waals surface area contributed by atoms with Gasteiger partial charge in [-0.2, -0.15) is 8.61 Å². The number of nitrogens with zero attached hydrogens (tertiary/aromatic N) is 4. The standard InChI is InChI=1S/C25H36N4O7S2/c1-5-26-10-14-28(15-11-26)37(30,31)20-6-8-23(34-2)22(18-20)27-12-16-29(17-13-27)38(32,33)21-7-9-24(35-3)25(19-21)36-4/h6-9,18-19H,5,10-17H2,1-4H3. The van der Waals surface area contributed by atoms with Gasteiger partial charge in [0.25, 0.3) is 0 Å². The number of methoxy groups -OCH3 is 3. The Morgan fingerprint density at radius 3 is 1.61 bits per heavy atom. The van der Waals surface area contributed by atoms with Crippen LogP contribution in [0.2, 0.25) is 0 Å². The lowest BCUT2D eigenvalue weighted by Gasteiger charge is -2.36. The highest BCUT2D eigenvalue weighted by Crippen LogP contribution is 2.34. The monoisotopic (exact) mass is 568 g/mol. The fraction of sp³-hybridized carbons (Fsp3) is 0.520. The van der Waals surface area contributed by atoms with Crippen molar-refractivity contribution in [2.24, 2.45) is 0 Å². The Kier molecular flexibility index (Phi) is 8.72. The number of anilines is 1. The Balaban J connectivity index is 1.52. The van der Waals surface area contributed by atoms with E-state index in [-0.39, 0.29) is 22.9 Å². The second-order valence-corrected chi connectivity index (χ2v) is 13.0. The van der Waals surface area contributed by atoms with Gasteiger partial charge in [-0.1, -0.05) is 6.92 Å². The third-order valence-corrected chi connectivity index (χ3v) is 10.9. The van der Waals surface area contributed by atoms with E-state index in [2.05, 4.69) is 11.8 Å². The fourth-order valence-corrected chi connectivity index (χ4v) is 7.69. The van der Waals surface area contributed by atoms with E-state index < -0.39 is 20.0 Å². The van der Waals surface area contributed by atoms with Crippen LogP contribution in [-0.4, -0.2) is 111 Å². The van der Waals surface area contributed by atoms with Crippen LogP contribution in [0.1, 0.15) is 6.92 Å². The molecule has 0 aromatic heterocycles. The molecule has 2 aromatic carbocycles. The molecule has 2 aliphatic heterocycles. The summed E-state index contributed by atoms with van der Waals surface area (Å²) in [4.78, 5) is 4.52. The Hall–Kier alpha value is -2.58. The van der Waals surface area contributed by atoms with Crippen LogP contribution < -0.4 is 19.1 Å². The van der Waals surface area contributed by atoms with E-state index in [9.17, 15) is 16.8 Å². The zero-order valence-corrected chi connectivity index (χ0v) is 23.9. The van der Waals surface area contributed by atoms with E-state index in [4.69, 9.17) is 14.2 Å². The third kappa shape index (κ3) is 5.57. The summed E-state index contributed by atoms with van der Waals surface area (Å²) in [7, 11) is -2.94. The number of hydrogen-bond donors (Lipinski definition) is 0. The molecular formula is C25H36N4O7S2. The predicted octanol–water partition coefficient (Wildman–Crippen LogP) is 1.55. The van der Waals surface area contributed by atoms with E-state index in [1.54, 1.807) is 24.3 Å². The average molecular weight is 569 g/mol. The average Bonchev–Trinajstić information content (AvgIpc) is 2.96. The molecule has 0 amide bonds. The number of benzene rings is 2. The molecule has 0 spiro atoms. The lowest BCUT2D eigenvalue weighted by molar-refractivity contribution is 0.196. The second-order valence-electron chi connectivity index (χ2n) is 9.08. The summed E-state index contributed by atoms with van der Waals surface area (Å²) in [6.45, 7) is 6.49. The number of sulfonamides is 2. The molecule has 210 valence electrons. The fourth-order valence-electron chi connectivity index (χ4n) is 4.81. The summed E-state index contributed by atoms with van der Waals surface area (Å²) >= 11 is 0. The zero-order chi connectivity index (χ0) is 27.5. The normalized spacial score (nSPS) is 18.4. The maximum atomic E-state index is 13.4. The highest BCUT2D eigenvalue weighted by atomic mass is 32.2. The summed E-state index contributed by atoms with van der Waals surface area (Å²) in [5.74, 6) is 1.33. The molecule has 0 N–H and O–H groups in total. The van der Waals surface area contributed by atoms with Gasteiger partial charge in [-0.25, -0.2) is 16.8 Å². The highest BCUT2D eigenvalue weighted by Gasteiger charge is 2.32. The van der Waals surface area contributed by atoms with Crippen molar-refractivity contribution in [2.45, 2.75) is 16.7 Å². The van der Waals surface area contributed by atoms with E-state index >= 15 is 0 Å². The molecule has 2 heterocycles. The summed E-state index contributed by atoms with van der Waals surface area (Å²) in [6, 6.07) is 9.40. The topological polar surface area (TPSA) is 109 Å². The Morgan fingerprint density at radius 1 is 0.632 bits per heavy atom. The molecule has 0 aliphatic carbocycles. The van der Waals surface area contributed by atoms with Crippen molar-refractivity contribution in [3.8, 4) is 17.2 Å². The van der Waals surface area contributed by atoms with Gasteiger partial charge in [0, 0.05) is 58.4 Å². The molecule has 2 aliphatic rings. The van der Waals surface area contributed by atoms with Crippen molar-refractivity contribution >= 4 is 25.7 Å². The number of ether oxygens (including phenoxy) is 3. The first-order valence-corrected chi connectivity index (χ1v) is 15.4. The van der Waals surface area contributed by atoms with Gasteiger partial charge in [0.1, 0.15) is 5.75 Å². The molecule has 13 heteroatoms. The first kappa shape index (κ1) is 28.4. The van der Waals surface area contributed by atoms with E-state index in [1.807, 2.05) is 4.90 Å². The van der Waals surface area contributed by atoms with Crippen LogP contribution in [0, 0.1) is 0 Å². The lowest BCUT2D eigenvalue weighted by atomic mass is 10.2. The summed E-state index contributed by atoms with van der Waals surface area (Å²) in [5, 5.41) is 0. The van der Waals surface area contributed by atoms with Crippen molar-refractivity contribution in [2.75, 3.05) is 85.1 Å². The van der Waals surface area contributed by atoms with Crippen molar-refractivity contribution in [3.05, 3.63) is 36.4 Å². The summed E-state index contributed by atoms with van der Waals surface area (Å²) in [6.07, 6.45) is 0. The zero-order valence-electron chi connectivity index (χ0n) is 22.3. The summed E-state index contributed by atoms with van der Waals surface area (Å²) in [5.41, 5.74) is 0.629. The molecular weight excluding hydrogens is 532 g/mol. The van der Waals surface area contributed by atoms with Crippen molar-refractivity contribution in [3.63, 3.8) is 0 Å². The van der Waals surface area contributed by atoms with Crippen LogP contribution in [0.5, 0.6) is 17.2 Å². The molecule has 2 aromatic rings. The minimum atomic E-state index is -3.76. The molecule has 0 unspecified atom stereocenters. The highest BCUT2D eigenvalue weighted by molar-refractivity contribution is 7.89. The number of likely N-dealkylation sites (N-methyl/N-ethyl adjacent to an activating group) is 1. The first-order chi connectivity index (χ1) is 18.1. The van der Waals surface area contributed by atoms with E-state index in [0.29, 0.717) is 62.2 Å². The van der Waals surface area contributed by atoms with Gasteiger partial charge in [0.15, 0.2) is 11.5 Å². The van der Waals surface area contributed by atoms with Gasteiger partial charge in [-0.15, -0.1) is 0 Å². The number of piperazine rings is 2. The van der Waals surface area contributed by atoms with Crippen LogP contribution in [0.15, 0.2) is 46.2 Å². The first-order valence-electron chi connectivity index (χ1n) is 12.5. The molecule has 0 saturated carbocycles. The van der Waals surface area contributed by atoms with Gasteiger partial charge < -0.3 is 24.0 Å². The third-order valence-electron chi connectivity index (χ3n) is 7.14. The van der Waals surface area contributed by atoms with Crippen molar-refractivity contribution < 1.29 is 31.0 Å². The quantitative estimate of drug-likeness (QED) is 0.445. The minimum Gasteiger partial charge on any atom is -0.495 e. The Morgan fingerprint density at radius 2 is 1.11 bits per heavy atom. The SMILES string of the molecule is CCN1CCN(S(=O)(=O)c2ccc(OC)c(N3CCN(S(=O)(=O)c4ccc(OC)c(OC)c4)CC3)c2)CC1. The van der Waals surface area contributed by atoms with Gasteiger partial charge in [-0.3, -0.25) is 0 Å². The van der Waals surface area contributed by atoms with Crippen molar-refractivity contribution in [1.29, 1.82) is 0 Å². The molecule has 0 radical (unpaired) electrons. The second kappa shape index (κ2) is 11.7. The van der Waals surface area contributed by atoms with Crippen LogP contribution in [0.4, 0.5) is 5.69 Å². The molecule has 38 heavy (non-hydrogen) atoms. The molecule has 0 bridgehead atoms. The van der Waals surface area contributed by atoms with Gasteiger partial charge in [0.2, 0.25) is 20.0 Å². The van der Waals surface area contributed by atoms with Crippen molar-refractivity contribution in [1.82, 2.24) is 13.5 Å². The summed E-state index contributed by atoms with van der Waals surface area (Å²) < 4.78 is 72.4. The van der Waals surface area contributed by atoms with E-state index in [1.165, 1.54) is 42.1 Å². The smallest absolute Gasteiger partial charge is 0.243 e. The lowest BCUT2D eigenvalue weighted by Crippen LogP contribution is -2.49. The van der Waals surface area contributed by atoms with E-state index in [0.717, 1.165) is 6.54 Å². The molecule has 11 nitrogen and oxygen atoms in total. The molecule has 2 saturated heterocycles. The maximum absolute atomic E-state index is 13.4. The molecule has 2 fully saturated rings. The molecule has 0 atom stereocenters. The van der Waals surface area contributed by atoms with Gasteiger partial charge >= 0.3 is 0 Å². The Bertz CT molecular complexity index is 1340. The van der Waals surface area contributed by atoms with Crippen LogP contribution in [0.3, 0.4) is 0 Å². The van der Waals surface area contributed by atoms with Crippen LogP contribution in [0.25, 0.3) is 0 Å². The predicted molar refractivity (Wildman–Crippen MR) is 144 cm³/mol. The maximum Gasteiger partial charge on any atom is 0.243 e. The van der Waals surface area contributed by atoms with Crippen LogP contribution in [-0.2, 0) is 20.0 Å². The van der Waals surface area contributed by atoms with Gasteiger partial charge in [-0.05, 0) is 36.9 Å². The minimum absolute atomic E-state index is 0.123. The largest absolute Gasteiger partial charge is 0.495 e. The number of rotatable bonds is 9. The molecule has 4 rings (SSSR count).